The van der Waals surface area contributed by atoms with Crippen molar-refractivity contribution in [2.75, 3.05) is 5.32 Å². The molecule has 0 radical (unpaired) electrons. The number of fused-ring (bicyclic) bond motifs is 1. The summed E-state index contributed by atoms with van der Waals surface area (Å²) in [6, 6.07) is 8.65. The van der Waals surface area contributed by atoms with Gasteiger partial charge >= 0.3 is 12.3 Å². The van der Waals surface area contributed by atoms with Gasteiger partial charge in [0.05, 0.1) is 11.0 Å². The number of ether oxygens (including phenoxy) is 1. The Balaban J connectivity index is 1.73. The standard InChI is InChI=1S/C18H15F3N4O4/c1-9(16(27)28)22-15(26)10-2-7-13-14(8-10)25-17(24-13)23-11-3-5-12(6-4-11)29-18(19,20)21/h2-9H,1H3,(H,22,26)(H,27,28)(H2,23,24,25)/t9-/m1/s1. The fraction of sp³-hybridized carbons (Fsp3) is 0.167. The number of carboxylic acid groups (broad SMARTS) is 1. The zero-order valence-electron chi connectivity index (χ0n) is 14.9. The monoisotopic (exact) mass is 408 g/mol. The summed E-state index contributed by atoms with van der Waals surface area (Å²) in [6.45, 7) is 1.35. The number of carboxylic acids is 1. The number of nitrogens with one attached hydrogen (secondary N) is 3. The Kier molecular flexibility index (Phi) is 5.31. The Labute approximate surface area is 161 Å². The minimum Gasteiger partial charge on any atom is -0.480 e. The number of aromatic amines is 1. The lowest BCUT2D eigenvalue weighted by molar-refractivity contribution is -0.274. The van der Waals surface area contributed by atoms with Gasteiger partial charge < -0.3 is 25.5 Å². The number of benzene rings is 2. The number of H-pyrrole nitrogens is 1. The van der Waals surface area contributed by atoms with Crippen molar-refractivity contribution in [3.8, 4) is 5.75 Å². The van der Waals surface area contributed by atoms with E-state index in [1.807, 2.05) is 0 Å². The third-order valence-electron chi connectivity index (χ3n) is 3.81. The first kappa shape index (κ1) is 20.0. The number of aromatic nitrogens is 2. The number of hydrogen-bond donors (Lipinski definition) is 4. The van der Waals surface area contributed by atoms with Crippen LogP contribution >= 0.6 is 0 Å². The molecule has 0 aliphatic heterocycles. The SMILES string of the molecule is C[C@@H](NC(=O)c1ccc2nc(Nc3ccc(OC(F)(F)F)cc3)[nH]c2c1)C(=O)O. The Morgan fingerprint density at radius 2 is 1.86 bits per heavy atom. The van der Waals surface area contributed by atoms with Crippen molar-refractivity contribution in [3.63, 3.8) is 0 Å². The Hall–Kier alpha value is -3.76. The number of carbonyl (C=O) groups excluding carboxylic acids is 1. The summed E-state index contributed by atoms with van der Waals surface area (Å²) >= 11 is 0. The number of alkyl halides is 3. The maximum atomic E-state index is 12.2. The molecule has 29 heavy (non-hydrogen) atoms. The molecule has 11 heteroatoms. The van der Waals surface area contributed by atoms with Crippen LogP contribution in [0.4, 0.5) is 24.8 Å². The van der Waals surface area contributed by atoms with Crippen LogP contribution in [0.25, 0.3) is 11.0 Å². The van der Waals surface area contributed by atoms with E-state index in [1.54, 1.807) is 6.07 Å². The smallest absolute Gasteiger partial charge is 0.480 e. The Morgan fingerprint density at radius 3 is 2.48 bits per heavy atom. The molecule has 0 bridgehead atoms. The lowest BCUT2D eigenvalue weighted by Crippen LogP contribution is -2.38. The third-order valence-corrected chi connectivity index (χ3v) is 3.81. The van der Waals surface area contributed by atoms with Crippen molar-refractivity contribution in [2.45, 2.75) is 19.3 Å². The first-order valence-electron chi connectivity index (χ1n) is 8.27. The molecule has 4 N–H and O–H groups in total. The Morgan fingerprint density at radius 1 is 1.17 bits per heavy atom. The molecular formula is C18H15F3N4O4. The van der Waals surface area contributed by atoms with E-state index in [1.165, 1.54) is 31.2 Å². The predicted octanol–water partition coefficient (Wildman–Crippen LogP) is 3.41. The summed E-state index contributed by atoms with van der Waals surface area (Å²) in [6.07, 6.45) is -4.76. The fourth-order valence-electron chi connectivity index (χ4n) is 2.43. The van der Waals surface area contributed by atoms with Gasteiger partial charge in [-0.05, 0) is 49.4 Å². The van der Waals surface area contributed by atoms with E-state index in [4.69, 9.17) is 5.11 Å². The average Bonchev–Trinajstić information content (AvgIpc) is 3.03. The second-order valence-electron chi connectivity index (χ2n) is 6.05. The highest BCUT2D eigenvalue weighted by molar-refractivity contribution is 5.99. The van der Waals surface area contributed by atoms with E-state index in [-0.39, 0.29) is 11.3 Å². The molecule has 3 aromatic rings. The van der Waals surface area contributed by atoms with Gasteiger partial charge in [0, 0.05) is 11.3 Å². The molecule has 0 fully saturated rings. The molecule has 0 spiro atoms. The normalized spacial score (nSPS) is 12.4. The lowest BCUT2D eigenvalue weighted by Gasteiger charge is -2.09. The number of halogens is 3. The molecule has 1 amide bonds. The third kappa shape index (κ3) is 5.15. The van der Waals surface area contributed by atoms with Crippen LogP contribution in [0.1, 0.15) is 17.3 Å². The van der Waals surface area contributed by atoms with Gasteiger partial charge in [0.25, 0.3) is 5.91 Å². The molecule has 0 aliphatic carbocycles. The van der Waals surface area contributed by atoms with Crippen LogP contribution in [0.2, 0.25) is 0 Å². The highest BCUT2D eigenvalue weighted by atomic mass is 19.4. The molecule has 152 valence electrons. The number of nitrogens with zero attached hydrogens (tertiary/aromatic N) is 1. The topological polar surface area (TPSA) is 116 Å². The van der Waals surface area contributed by atoms with Crippen LogP contribution in [0.5, 0.6) is 5.75 Å². The largest absolute Gasteiger partial charge is 0.573 e. The van der Waals surface area contributed by atoms with Gasteiger partial charge in [-0.15, -0.1) is 13.2 Å². The molecule has 0 unspecified atom stereocenters. The van der Waals surface area contributed by atoms with Gasteiger partial charge in [0.2, 0.25) is 5.95 Å². The van der Waals surface area contributed by atoms with Crippen LogP contribution in [-0.4, -0.2) is 39.4 Å². The van der Waals surface area contributed by atoms with Crippen molar-refractivity contribution in [3.05, 3.63) is 48.0 Å². The number of aliphatic carboxylic acids is 1. The van der Waals surface area contributed by atoms with Crippen LogP contribution in [0, 0.1) is 0 Å². The van der Waals surface area contributed by atoms with Crippen LogP contribution < -0.4 is 15.4 Å². The molecule has 1 atom stereocenters. The van der Waals surface area contributed by atoms with Crippen molar-refractivity contribution in [1.29, 1.82) is 0 Å². The summed E-state index contributed by atoms with van der Waals surface area (Å²) in [5, 5.41) is 14.1. The minimum atomic E-state index is -4.76. The van der Waals surface area contributed by atoms with Crippen LogP contribution in [0.15, 0.2) is 42.5 Å². The van der Waals surface area contributed by atoms with Gasteiger partial charge in [0.15, 0.2) is 0 Å². The van der Waals surface area contributed by atoms with Gasteiger partial charge in [0.1, 0.15) is 11.8 Å². The number of amides is 1. The van der Waals surface area contributed by atoms with Gasteiger partial charge in [-0.1, -0.05) is 0 Å². The van der Waals surface area contributed by atoms with E-state index in [0.717, 1.165) is 12.1 Å². The van der Waals surface area contributed by atoms with Crippen molar-refractivity contribution in [1.82, 2.24) is 15.3 Å². The summed E-state index contributed by atoms with van der Waals surface area (Å²) < 4.78 is 40.4. The number of rotatable bonds is 6. The van der Waals surface area contributed by atoms with Crippen LogP contribution in [-0.2, 0) is 4.79 Å². The first-order valence-corrected chi connectivity index (χ1v) is 8.27. The average molecular weight is 408 g/mol. The van der Waals surface area contributed by atoms with E-state index < -0.39 is 24.3 Å². The van der Waals surface area contributed by atoms with Crippen molar-refractivity contribution in [2.24, 2.45) is 0 Å². The zero-order chi connectivity index (χ0) is 21.2. The molecule has 0 aliphatic rings. The molecular weight excluding hydrogens is 393 g/mol. The maximum Gasteiger partial charge on any atom is 0.573 e. The van der Waals surface area contributed by atoms with Gasteiger partial charge in [-0.25, -0.2) is 4.98 Å². The fourth-order valence-corrected chi connectivity index (χ4v) is 2.43. The first-order chi connectivity index (χ1) is 13.6. The summed E-state index contributed by atoms with van der Waals surface area (Å²) in [7, 11) is 0. The highest BCUT2D eigenvalue weighted by Crippen LogP contribution is 2.25. The predicted molar refractivity (Wildman–Crippen MR) is 97.1 cm³/mol. The van der Waals surface area contributed by atoms with Gasteiger partial charge in [-0.3, -0.25) is 9.59 Å². The lowest BCUT2D eigenvalue weighted by atomic mass is 10.2. The number of hydrogen-bond acceptors (Lipinski definition) is 5. The molecule has 0 saturated heterocycles. The molecule has 2 aromatic carbocycles. The van der Waals surface area contributed by atoms with E-state index in [0.29, 0.717) is 22.7 Å². The van der Waals surface area contributed by atoms with Crippen molar-refractivity contribution >= 4 is 34.5 Å². The van der Waals surface area contributed by atoms with E-state index in [2.05, 4.69) is 25.3 Å². The number of anilines is 2. The molecule has 3 rings (SSSR count). The number of imidazole rings is 1. The molecule has 0 saturated carbocycles. The summed E-state index contributed by atoms with van der Waals surface area (Å²) in [5.74, 6) is -1.75. The second kappa shape index (κ2) is 7.70. The molecule has 1 aromatic heterocycles. The summed E-state index contributed by atoms with van der Waals surface area (Å²) in [5.41, 5.74) is 1.76. The quantitative estimate of drug-likeness (QED) is 0.497. The minimum absolute atomic E-state index is 0.245. The highest BCUT2D eigenvalue weighted by Gasteiger charge is 2.30. The van der Waals surface area contributed by atoms with E-state index >= 15 is 0 Å². The van der Waals surface area contributed by atoms with Crippen molar-refractivity contribution < 1.29 is 32.6 Å². The molecule has 8 nitrogen and oxygen atoms in total. The molecule has 1 heterocycles. The van der Waals surface area contributed by atoms with Crippen LogP contribution in [0.3, 0.4) is 0 Å². The second-order valence-corrected chi connectivity index (χ2v) is 6.05. The van der Waals surface area contributed by atoms with E-state index in [9.17, 15) is 22.8 Å². The Bertz CT molecular complexity index is 1050. The van der Waals surface area contributed by atoms with Gasteiger partial charge in [-0.2, -0.15) is 0 Å². The maximum absolute atomic E-state index is 12.2. The zero-order valence-corrected chi connectivity index (χ0v) is 14.9. The summed E-state index contributed by atoms with van der Waals surface area (Å²) in [4.78, 5) is 30.2. The number of carbonyl (C=O) groups is 2.